The molecular weight excluding hydrogens is 494 g/mol. The van der Waals surface area contributed by atoms with Crippen molar-refractivity contribution in [2.45, 2.75) is 69.4 Å². The number of amides is 1. The summed E-state index contributed by atoms with van der Waals surface area (Å²) >= 11 is 0. The minimum absolute atomic E-state index is 0.00918. The number of carboxylic acid groups (broad SMARTS) is 1. The van der Waals surface area contributed by atoms with E-state index in [1.54, 1.807) is 23.0 Å². The van der Waals surface area contributed by atoms with Gasteiger partial charge in [0.25, 0.3) is 5.91 Å². The van der Waals surface area contributed by atoms with Crippen molar-refractivity contribution in [3.63, 3.8) is 0 Å². The van der Waals surface area contributed by atoms with Crippen LogP contribution < -0.4 is 15.4 Å². The van der Waals surface area contributed by atoms with Crippen molar-refractivity contribution in [1.82, 2.24) is 15.1 Å². The van der Waals surface area contributed by atoms with Crippen molar-refractivity contribution in [3.05, 3.63) is 64.9 Å². The Morgan fingerprint density at radius 1 is 1.33 bits per heavy atom. The Labute approximate surface area is 228 Å². The molecule has 9 nitrogen and oxygen atoms in total. The van der Waals surface area contributed by atoms with Gasteiger partial charge in [0.1, 0.15) is 5.75 Å². The number of hydrogen-bond donors (Lipinski definition) is 3. The van der Waals surface area contributed by atoms with Crippen molar-refractivity contribution >= 4 is 17.7 Å². The number of carboxylic acids is 1. The highest BCUT2D eigenvalue weighted by Crippen LogP contribution is 2.62. The standard InChI is InChI=1S/C30H35N5O4/c1-19(32-25-15-20(18-31)6-7-21(25)4-3-5-28(36)37)14-23-17-30(23)11-13-39-26-9-8-22(16-24(26)30)29(38)33-27-10-12-35(2)34-27/h6-10,12,16,19,23,25,32H,3-5,11,13-15,17H2,1-2H3,(H,36,37)(H,33,34,38)/t19?,23-,25?,30?/m1/s1. The first-order valence-corrected chi connectivity index (χ1v) is 13.6. The fourth-order valence-electron chi connectivity index (χ4n) is 6.19. The molecule has 3 unspecified atom stereocenters. The number of aromatic nitrogens is 2. The smallest absolute Gasteiger partial charge is 0.303 e. The number of fused-ring (bicyclic) bond motifs is 2. The van der Waals surface area contributed by atoms with E-state index in [4.69, 9.17) is 9.84 Å². The number of ether oxygens (including phenoxy) is 1. The minimum Gasteiger partial charge on any atom is -0.493 e. The molecule has 3 aliphatic rings. The Morgan fingerprint density at radius 2 is 2.18 bits per heavy atom. The Hall–Kier alpha value is -3.90. The van der Waals surface area contributed by atoms with Crippen LogP contribution >= 0.6 is 0 Å². The van der Waals surface area contributed by atoms with Crippen LogP contribution in [0, 0.1) is 17.2 Å². The first-order chi connectivity index (χ1) is 18.8. The number of anilines is 1. The number of nitrogens with zero attached hydrogens (tertiary/aromatic N) is 3. The molecule has 2 aromatic rings. The number of rotatable bonds is 10. The highest BCUT2D eigenvalue weighted by atomic mass is 16.5. The van der Waals surface area contributed by atoms with Crippen LogP contribution in [0.1, 0.15) is 67.8 Å². The molecule has 1 saturated carbocycles. The molecule has 2 heterocycles. The first kappa shape index (κ1) is 26.7. The van der Waals surface area contributed by atoms with E-state index < -0.39 is 5.97 Å². The molecule has 1 fully saturated rings. The molecule has 9 heteroatoms. The van der Waals surface area contributed by atoms with Crippen LogP contribution in [-0.4, -0.2) is 45.5 Å². The summed E-state index contributed by atoms with van der Waals surface area (Å²) in [5, 5.41) is 29.3. The van der Waals surface area contributed by atoms with Gasteiger partial charge in [0, 0.05) is 66.4 Å². The highest BCUT2D eigenvalue weighted by molar-refractivity contribution is 6.04. The summed E-state index contributed by atoms with van der Waals surface area (Å²) in [6.45, 7) is 2.85. The Bertz CT molecular complexity index is 1370. The van der Waals surface area contributed by atoms with Crippen LogP contribution in [-0.2, 0) is 17.3 Å². The van der Waals surface area contributed by atoms with Crippen molar-refractivity contribution in [1.29, 1.82) is 5.26 Å². The number of carbonyl (C=O) groups excluding carboxylic acids is 1. The molecule has 0 radical (unpaired) electrons. The van der Waals surface area contributed by atoms with Gasteiger partial charge in [-0.2, -0.15) is 10.4 Å². The summed E-state index contributed by atoms with van der Waals surface area (Å²) in [6.07, 6.45) is 10.6. The maximum absolute atomic E-state index is 12.9. The zero-order valence-electron chi connectivity index (χ0n) is 22.4. The lowest BCUT2D eigenvalue weighted by Crippen LogP contribution is -2.39. The van der Waals surface area contributed by atoms with Crippen molar-refractivity contribution in [2.75, 3.05) is 11.9 Å². The van der Waals surface area contributed by atoms with Gasteiger partial charge in [0.15, 0.2) is 5.82 Å². The van der Waals surface area contributed by atoms with Crippen molar-refractivity contribution < 1.29 is 19.4 Å². The van der Waals surface area contributed by atoms with E-state index in [1.807, 2.05) is 31.3 Å². The fourth-order valence-corrected chi connectivity index (χ4v) is 6.19. The van der Waals surface area contributed by atoms with E-state index in [1.165, 1.54) is 0 Å². The maximum Gasteiger partial charge on any atom is 0.303 e. The summed E-state index contributed by atoms with van der Waals surface area (Å²) in [7, 11) is 1.81. The third-order valence-electron chi connectivity index (χ3n) is 8.26. The van der Waals surface area contributed by atoms with Crippen LogP contribution in [0.5, 0.6) is 5.75 Å². The van der Waals surface area contributed by atoms with Gasteiger partial charge in [-0.25, -0.2) is 0 Å². The van der Waals surface area contributed by atoms with Crippen LogP contribution in [0.25, 0.3) is 0 Å². The number of aliphatic carboxylic acids is 1. The Balaban J connectivity index is 1.24. The second kappa shape index (κ2) is 11.1. The highest BCUT2D eigenvalue weighted by Gasteiger charge is 2.57. The van der Waals surface area contributed by atoms with E-state index in [0.717, 1.165) is 41.7 Å². The van der Waals surface area contributed by atoms with Crippen molar-refractivity contribution in [3.8, 4) is 11.8 Å². The summed E-state index contributed by atoms with van der Waals surface area (Å²) < 4.78 is 7.62. The largest absolute Gasteiger partial charge is 0.493 e. The zero-order valence-corrected chi connectivity index (χ0v) is 22.4. The third-order valence-corrected chi connectivity index (χ3v) is 8.26. The number of nitrogens with one attached hydrogen (secondary N) is 2. The summed E-state index contributed by atoms with van der Waals surface area (Å²) in [5.74, 6) is 0.865. The molecule has 204 valence electrons. The molecule has 0 saturated heterocycles. The van der Waals surface area contributed by atoms with Gasteiger partial charge >= 0.3 is 5.97 Å². The molecule has 1 aromatic heterocycles. The van der Waals surface area contributed by atoms with Gasteiger partial charge in [0.05, 0.1) is 12.7 Å². The van der Waals surface area contributed by atoms with E-state index in [-0.39, 0.29) is 29.8 Å². The number of nitriles is 1. The zero-order chi connectivity index (χ0) is 27.6. The topological polar surface area (TPSA) is 129 Å². The van der Waals surface area contributed by atoms with Gasteiger partial charge in [0.2, 0.25) is 0 Å². The molecule has 5 rings (SSSR count). The van der Waals surface area contributed by atoms with Gasteiger partial charge in [-0.05, 0) is 69.2 Å². The number of carbonyl (C=O) groups is 2. The average molecular weight is 530 g/mol. The molecule has 1 aliphatic heterocycles. The number of hydrogen-bond acceptors (Lipinski definition) is 6. The van der Waals surface area contributed by atoms with Gasteiger partial charge in [-0.3, -0.25) is 14.3 Å². The lowest BCUT2D eigenvalue weighted by atomic mass is 9.84. The quantitative estimate of drug-likeness (QED) is 0.414. The number of allylic oxidation sites excluding steroid dienone is 2. The molecular formula is C30H35N5O4. The molecule has 1 spiro atoms. The lowest BCUT2D eigenvalue weighted by molar-refractivity contribution is -0.137. The Kier molecular flexibility index (Phi) is 7.58. The van der Waals surface area contributed by atoms with E-state index in [9.17, 15) is 14.9 Å². The predicted octanol–water partition coefficient (Wildman–Crippen LogP) is 4.48. The number of aryl methyl sites for hydroxylation is 1. The summed E-state index contributed by atoms with van der Waals surface area (Å²) in [6, 6.07) is 9.98. The normalized spacial score (nSPS) is 24.0. The van der Waals surface area contributed by atoms with E-state index in [2.05, 4.69) is 28.7 Å². The van der Waals surface area contributed by atoms with E-state index in [0.29, 0.717) is 43.2 Å². The predicted molar refractivity (Wildman–Crippen MR) is 146 cm³/mol. The monoisotopic (exact) mass is 529 g/mol. The first-order valence-electron chi connectivity index (χ1n) is 13.6. The molecule has 4 atom stereocenters. The fraction of sp³-hybridized carbons (Fsp3) is 0.467. The van der Waals surface area contributed by atoms with Gasteiger partial charge < -0.3 is 20.5 Å². The Morgan fingerprint density at radius 3 is 2.92 bits per heavy atom. The molecule has 39 heavy (non-hydrogen) atoms. The van der Waals surface area contributed by atoms with Crippen LogP contribution in [0.4, 0.5) is 5.82 Å². The minimum atomic E-state index is -0.786. The van der Waals surface area contributed by atoms with Gasteiger partial charge in [-0.1, -0.05) is 11.6 Å². The maximum atomic E-state index is 12.9. The molecule has 1 amide bonds. The molecule has 3 N–H and O–H groups in total. The van der Waals surface area contributed by atoms with Gasteiger partial charge in [-0.15, -0.1) is 0 Å². The third kappa shape index (κ3) is 5.91. The summed E-state index contributed by atoms with van der Waals surface area (Å²) in [4.78, 5) is 23.9. The van der Waals surface area contributed by atoms with Crippen LogP contribution in [0.2, 0.25) is 0 Å². The second-order valence-electron chi connectivity index (χ2n) is 11.0. The van der Waals surface area contributed by atoms with E-state index >= 15 is 0 Å². The average Bonchev–Trinajstić information content (AvgIpc) is 3.41. The second-order valence-corrected chi connectivity index (χ2v) is 11.0. The van der Waals surface area contributed by atoms with Crippen molar-refractivity contribution in [2.24, 2.45) is 13.0 Å². The van der Waals surface area contributed by atoms with Crippen LogP contribution in [0.3, 0.4) is 0 Å². The SMILES string of the molecule is CC(C[C@@H]1CC12CCOc1ccc(C(=O)Nc3ccn(C)n3)cc12)NC1CC(C#N)=CC=C1CCCC(=O)O. The number of benzene rings is 1. The van der Waals surface area contributed by atoms with Crippen LogP contribution in [0.15, 0.2) is 53.8 Å². The molecule has 2 aliphatic carbocycles. The lowest BCUT2D eigenvalue weighted by Gasteiger charge is -2.30. The summed E-state index contributed by atoms with van der Waals surface area (Å²) in [5.41, 5.74) is 3.61. The molecule has 0 bridgehead atoms. The molecule has 1 aromatic carbocycles.